The molecule has 0 amide bonds. The Kier molecular flexibility index (Phi) is 8.67. The number of hydrogen-bond acceptors (Lipinski definition) is 4. The number of benzene rings is 2. The Morgan fingerprint density at radius 3 is 2.45 bits per heavy atom. The summed E-state index contributed by atoms with van der Waals surface area (Å²) in [5.74, 6) is 1.03. The van der Waals surface area contributed by atoms with Crippen molar-refractivity contribution < 1.29 is 13.2 Å². The number of ether oxygens (including phenoxy) is 1. The van der Waals surface area contributed by atoms with Gasteiger partial charge < -0.3 is 15.4 Å². The normalized spacial score (nSPS) is 13.2. The Morgan fingerprint density at radius 1 is 1.10 bits per heavy atom. The summed E-state index contributed by atoms with van der Waals surface area (Å²) >= 11 is 0. The van der Waals surface area contributed by atoms with Crippen LogP contribution in [-0.4, -0.2) is 40.8 Å². The van der Waals surface area contributed by atoms with E-state index in [1.165, 1.54) is 11.8 Å². The molecule has 0 aliphatic rings. The summed E-state index contributed by atoms with van der Waals surface area (Å²) in [6.07, 6.45) is 1.23. The van der Waals surface area contributed by atoms with Crippen LogP contribution >= 0.6 is 0 Å². The second-order valence-corrected chi connectivity index (χ2v) is 9.27. The Morgan fingerprint density at radius 2 is 1.83 bits per heavy atom. The van der Waals surface area contributed by atoms with Crippen molar-refractivity contribution in [1.82, 2.24) is 10.6 Å². The second-order valence-electron chi connectivity index (χ2n) is 7.28. The summed E-state index contributed by atoms with van der Waals surface area (Å²) in [5, 5.41) is 6.56. The Balaban J connectivity index is 1.75. The molecule has 2 aromatic rings. The molecular formula is C22H31N3O3S. The van der Waals surface area contributed by atoms with E-state index in [0.717, 1.165) is 17.7 Å². The molecular weight excluding hydrogens is 386 g/mol. The number of nitrogens with one attached hydrogen (secondary N) is 2. The average molecular weight is 418 g/mol. The molecule has 0 bridgehead atoms. The number of hydrogen-bond donors (Lipinski definition) is 2. The van der Waals surface area contributed by atoms with Gasteiger partial charge in [-0.1, -0.05) is 49.4 Å². The second kappa shape index (κ2) is 11.0. The van der Waals surface area contributed by atoms with E-state index >= 15 is 0 Å². The van der Waals surface area contributed by atoms with Crippen LogP contribution in [0.15, 0.2) is 58.4 Å². The lowest BCUT2D eigenvalue weighted by Crippen LogP contribution is -2.39. The van der Waals surface area contributed by atoms with Crippen molar-refractivity contribution in [1.29, 1.82) is 0 Å². The molecule has 2 N–H and O–H groups in total. The molecule has 2 rings (SSSR count). The van der Waals surface area contributed by atoms with Crippen molar-refractivity contribution in [2.45, 2.75) is 31.9 Å². The minimum Gasteiger partial charge on any atom is -0.376 e. The monoisotopic (exact) mass is 417 g/mol. The third-order valence-corrected chi connectivity index (χ3v) is 5.71. The first kappa shape index (κ1) is 22.9. The van der Waals surface area contributed by atoms with Crippen molar-refractivity contribution in [2.24, 2.45) is 10.9 Å². The highest BCUT2D eigenvalue weighted by Gasteiger charge is 2.11. The van der Waals surface area contributed by atoms with Crippen LogP contribution in [0.5, 0.6) is 0 Å². The molecule has 1 unspecified atom stereocenters. The van der Waals surface area contributed by atoms with Gasteiger partial charge in [-0.3, -0.25) is 4.99 Å². The highest BCUT2D eigenvalue weighted by Crippen LogP contribution is 2.16. The molecule has 2 aromatic carbocycles. The molecule has 0 radical (unpaired) electrons. The zero-order valence-electron chi connectivity index (χ0n) is 17.6. The van der Waals surface area contributed by atoms with Crippen molar-refractivity contribution in [3.05, 3.63) is 65.2 Å². The maximum absolute atomic E-state index is 11.7. The van der Waals surface area contributed by atoms with E-state index in [9.17, 15) is 8.42 Å². The zero-order chi connectivity index (χ0) is 21.3. The van der Waals surface area contributed by atoms with Crippen LogP contribution in [0.1, 0.15) is 23.6 Å². The minimum absolute atomic E-state index is 0.327. The first-order valence-electron chi connectivity index (χ1n) is 9.65. The molecule has 1 atom stereocenters. The Hall–Kier alpha value is -2.38. The summed E-state index contributed by atoms with van der Waals surface area (Å²) in [5.41, 5.74) is 2.92. The predicted octanol–water partition coefficient (Wildman–Crippen LogP) is 2.92. The molecule has 0 aromatic heterocycles. The number of aliphatic imine (C=N–C) groups is 1. The van der Waals surface area contributed by atoms with Crippen molar-refractivity contribution in [3.63, 3.8) is 0 Å². The Labute approximate surface area is 174 Å². The maximum atomic E-state index is 11.7. The number of sulfone groups is 1. The lowest BCUT2D eigenvalue weighted by molar-refractivity contribution is 0.0931. The first-order valence-corrected chi connectivity index (χ1v) is 11.5. The van der Waals surface area contributed by atoms with Gasteiger partial charge in [0.05, 0.1) is 18.1 Å². The number of guanidine groups is 1. The Bertz CT molecular complexity index is 912. The number of rotatable bonds is 9. The van der Waals surface area contributed by atoms with Gasteiger partial charge in [0, 0.05) is 26.4 Å². The molecule has 0 spiro atoms. The predicted molar refractivity (Wildman–Crippen MR) is 118 cm³/mol. The van der Waals surface area contributed by atoms with Gasteiger partial charge in [0.25, 0.3) is 0 Å². The van der Waals surface area contributed by atoms with Gasteiger partial charge in [0.1, 0.15) is 0 Å². The van der Waals surface area contributed by atoms with Crippen LogP contribution in [0.25, 0.3) is 0 Å². The largest absolute Gasteiger partial charge is 0.376 e. The van der Waals surface area contributed by atoms with Crippen LogP contribution in [0.2, 0.25) is 0 Å². The SMILES string of the molecule is CN=C(NCc1ccc(S(C)(=O)=O)c(C)c1)NCC(C)COCc1ccccc1. The molecule has 0 heterocycles. The molecule has 0 saturated carbocycles. The average Bonchev–Trinajstić information content (AvgIpc) is 2.68. The van der Waals surface area contributed by atoms with Gasteiger partial charge in [-0.15, -0.1) is 0 Å². The van der Waals surface area contributed by atoms with Crippen LogP contribution in [0.3, 0.4) is 0 Å². The fraction of sp³-hybridized carbons (Fsp3) is 0.409. The van der Waals surface area contributed by atoms with E-state index < -0.39 is 9.84 Å². The van der Waals surface area contributed by atoms with Gasteiger partial charge in [-0.25, -0.2) is 8.42 Å². The zero-order valence-corrected chi connectivity index (χ0v) is 18.4. The van der Waals surface area contributed by atoms with Gasteiger partial charge >= 0.3 is 0 Å². The van der Waals surface area contributed by atoms with Gasteiger partial charge in [0.15, 0.2) is 15.8 Å². The minimum atomic E-state index is -3.20. The highest BCUT2D eigenvalue weighted by molar-refractivity contribution is 7.90. The van der Waals surface area contributed by atoms with Crippen LogP contribution in [-0.2, 0) is 27.7 Å². The number of nitrogens with zero attached hydrogens (tertiary/aromatic N) is 1. The third kappa shape index (κ3) is 7.87. The molecule has 158 valence electrons. The van der Waals surface area contributed by atoms with Crippen LogP contribution < -0.4 is 10.6 Å². The van der Waals surface area contributed by atoms with Crippen molar-refractivity contribution in [3.8, 4) is 0 Å². The molecule has 0 aliphatic carbocycles. The van der Waals surface area contributed by atoms with E-state index in [1.807, 2.05) is 37.3 Å². The summed E-state index contributed by atoms with van der Waals surface area (Å²) < 4.78 is 29.2. The van der Waals surface area contributed by atoms with Crippen LogP contribution in [0.4, 0.5) is 0 Å². The standard InChI is InChI=1S/C22H31N3O3S/c1-17(15-28-16-19-8-6-5-7-9-19)13-24-22(23-3)25-14-20-10-11-21(18(2)12-20)29(4,26)27/h5-12,17H,13-16H2,1-4H3,(H2,23,24,25). The molecule has 6 nitrogen and oxygen atoms in total. The smallest absolute Gasteiger partial charge is 0.191 e. The lowest BCUT2D eigenvalue weighted by Gasteiger charge is -2.16. The molecule has 29 heavy (non-hydrogen) atoms. The molecule has 0 saturated heterocycles. The fourth-order valence-corrected chi connectivity index (χ4v) is 3.88. The maximum Gasteiger partial charge on any atom is 0.191 e. The van der Waals surface area contributed by atoms with E-state index in [0.29, 0.717) is 36.5 Å². The van der Waals surface area contributed by atoms with Gasteiger partial charge in [-0.2, -0.15) is 0 Å². The summed E-state index contributed by atoms with van der Waals surface area (Å²) in [6, 6.07) is 15.5. The van der Waals surface area contributed by atoms with Crippen molar-refractivity contribution >= 4 is 15.8 Å². The lowest BCUT2D eigenvalue weighted by atomic mass is 10.1. The van der Waals surface area contributed by atoms with E-state index in [2.05, 4.69) is 34.7 Å². The van der Waals surface area contributed by atoms with Crippen molar-refractivity contribution in [2.75, 3.05) is 26.5 Å². The fourth-order valence-electron chi connectivity index (χ4n) is 2.93. The molecule has 0 fully saturated rings. The van der Waals surface area contributed by atoms with E-state index in [-0.39, 0.29) is 0 Å². The van der Waals surface area contributed by atoms with E-state index in [4.69, 9.17) is 4.74 Å². The highest BCUT2D eigenvalue weighted by atomic mass is 32.2. The topological polar surface area (TPSA) is 79.8 Å². The van der Waals surface area contributed by atoms with E-state index in [1.54, 1.807) is 13.1 Å². The first-order chi connectivity index (χ1) is 13.8. The quantitative estimate of drug-likeness (QED) is 0.484. The summed E-state index contributed by atoms with van der Waals surface area (Å²) in [4.78, 5) is 4.61. The summed E-state index contributed by atoms with van der Waals surface area (Å²) in [7, 11) is -1.47. The van der Waals surface area contributed by atoms with Crippen LogP contribution in [0, 0.1) is 12.8 Å². The molecule has 7 heteroatoms. The molecule has 0 aliphatic heterocycles. The summed E-state index contributed by atoms with van der Waals surface area (Å²) in [6.45, 7) is 6.50. The number of aryl methyl sites for hydroxylation is 1. The third-order valence-electron chi connectivity index (χ3n) is 4.45. The van der Waals surface area contributed by atoms with Gasteiger partial charge in [-0.05, 0) is 35.6 Å². The van der Waals surface area contributed by atoms with Gasteiger partial charge in [0.2, 0.25) is 0 Å².